The van der Waals surface area contributed by atoms with Crippen molar-refractivity contribution in [2.45, 2.75) is 84.0 Å². The van der Waals surface area contributed by atoms with Gasteiger partial charge in [-0.2, -0.15) is 5.10 Å². The molecule has 0 unspecified atom stereocenters. The van der Waals surface area contributed by atoms with Crippen LogP contribution in [0.5, 0.6) is 5.75 Å². The third kappa shape index (κ3) is 13.9. The molecule has 0 saturated heterocycles. The number of unbranched alkanes of at least 4 members (excludes halogenated alkanes) is 10. The Morgan fingerprint density at radius 1 is 0.968 bits per heavy atom. The molecule has 0 aliphatic carbocycles. The molecule has 2 amide bonds. The molecule has 0 bridgehead atoms. The third-order valence-corrected chi connectivity index (χ3v) is 5.53. The van der Waals surface area contributed by atoms with E-state index in [-0.39, 0.29) is 18.4 Å². The monoisotopic (exact) mass is 495 g/mol. The zero-order chi connectivity index (χ0) is 22.7. The molecule has 0 saturated carbocycles. The second kappa shape index (κ2) is 17.8. The van der Waals surface area contributed by atoms with Crippen LogP contribution in [0.3, 0.4) is 0 Å². The van der Waals surface area contributed by atoms with Crippen molar-refractivity contribution in [1.82, 2.24) is 10.7 Å². The summed E-state index contributed by atoms with van der Waals surface area (Å²) in [5.74, 6) is 0.197. The van der Waals surface area contributed by atoms with Crippen LogP contribution in [-0.2, 0) is 9.59 Å². The summed E-state index contributed by atoms with van der Waals surface area (Å²) in [4.78, 5) is 23.7. The summed E-state index contributed by atoms with van der Waals surface area (Å²) in [7, 11) is 1.57. The number of hydrogen-bond donors (Lipinski definition) is 2. The maximum absolute atomic E-state index is 11.9. The van der Waals surface area contributed by atoms with E-state index in [0.29, 0.717) is 12.2 Å². The lowest BCUT2D eigenvalue weighted by Gasteiger charge is -2.06. The fourth-order valence-corrected chi connectivity index (χ4v) is 3.62. The normalized spacial score (nSPS) is 10.9. The maximum Gasteiger partial charge on any atom is 0.259 e. The minimum atomic E-state index is -0.363. The van der Waals surface area contributed by atoms with Crippen LogP contribution in [-0.4, -0.2) is 31.7 Å². The van der Waals surface area contributed by atoms with Gasteiger partial charge in [-0.05, 0) is 24.6 Å². The molecule has 7 heteroatoms. The number of methoxy groups -OCH3 is 1. The zero-order valence-corrected chi connectivity index (χ0v) is 20.6. The molecular formula is C24H38BrN3O3. The van der Waals surface area contributed by atoms with Crippen LogP contribution in [0.1, 0.15) is 89.5 Å². The molecule has 0 radical (unpaired) electrons. The molecule has 1 rings (SSSR count). The number of benzene rings is 1. The van der Waals surface area contributed by atoms with Crippen LogP contribution in [0.15, 0.2) is 27.8 Å². The molecule has 6 nitrogen and oxygen atoms in total. The highest BCUT2D eigenvalue weighted by Gasteiger charge is 2.05. The molecule has 0 aromatic heterocycles. The average Bonchev–Trinajstić information content (AvgIpc) is 2.76. The second-order valence-corrected chi connectivity index (χ2v) is 8.66. The first-order valence-corrected chi connectivity index (χ1v) is 12.3. The summed E-state index contributed by atoms with van der Waals surface area (Å²) >= 11 is 3.39. The fourth-order valence-electron chi connectivity index (χ4n) is 3.24. The number of ether oxygens (including phenoxy) is 1. The van der Waals surface area contributed by atoms with E-state index in [1.165, 1.54) is 64.0 Å². The number of nitrogens with one attached hydrogen (secondary N) is 2. The molecule has 31 heavy (non-hydrogen) atoms. The number of halogens is 1. The lowest BCUT2D eigenvalue weighted by atomic mass is 10.1. The Balaban J connectivity index is 2.06. The van der Waals surface area contributed by atoms with E-state index in [0.717, 1.165) is 22.9 Å². The van der Waals surface area contributed by atoms with Crippen molar-refractivity contribution >= 4 is 34.0 Å². The SMILES string of the molecule is CCCCCCCCCCCCCC(=O)NCC(=O)N/N=C/c1cc(Br)ccc1OC. The minimum absolute atomic E-state index is 0.0795. The van der Waals surface area contributed by atoms with Crippen molar-refractivity contribution in [2.24, 2.45) is 5.10 Å². The van der Waals surface area contributed by atoms with Gasteiger partial charge in [-0.15, -0.1) is 0 Å². The number of carbonyl (C=O) groups excluding carboxylic acids is 2. The Labute approximate surface area is 195 Å². The number of carbonyl (C=O) groups is 2. The molecule has 174 valence electrons. The first-order valence-electron chi connectivity index (χ1n) is 11.5. The maximum atomic E-state index is 11.9. The summed E-state index contributed by atoms with van der Waals surface area (Å²) in [6.07, 6.45) is 15.7. The van der Waals surface area contributed by atoms with Crippen molar-refractivity contribution in [2.75, 3.05) is 13.7 Å². The summed E-state index contributed by atoms with van der Waals surface area (Å²) in [6, 6.07) is 5.51. The van der Waals surface area contributed by atoms with E-state index in [9.17, 15) is 9.59 Å². The molecular weight excluding hydrogens is 458 g/mol. The van der Waals surface area contributed by atoms with Gasteiger partial charge in [0.05, 0.1) is 19.9 Å². The van der Waals surface area contributed by atoms with Gasteiger partial charge in [0.25, 0.3) is 5.91 Å². The summed E-state index contributed by atoms with van der Waals surface area (Å²) < 4.78 is 6.13. The van der Waals surface area contributed by atoms with Crippen LogP contribution >= 0.6 is 15.9 Å². The van der Waals surface area contributed by atoms with Crippen molar-refractivity contribution in [1.29, 1.82) is 0 Å². The van der Waals surface area contributed by atoms with Gasteiger partial charge in [0.2, 0.25) is 5.91 Å². The van der Waals surface area contributed by atoms with E-state index in [1.54, 1.807) is 7.11 Å². The van der Waals surface area contributed by atoms with Gasteiger partial charge in [0, 0.05) is 16.5 Å². The van der Waals surface area contributed by atoms with Crippen LogP contribution in [0.2, 0.25) is 0 Å². The first-order chi connectivity index (χ1) is 15.1. The van der Waals surface area contributed by atoms with Crippen LogP contribution < -0.4 is 15.5 Å². The number of hydrazone groups is 1. The summed E-state index contributed by atoms with van der Waals surface area (Å²) in [5, 5.41) is 6.57. The van der Waals surface area contributed by atoms with Crippen LogP contribution in [0, 0.1) is 0 Å². The zero-order valence-electron chi connectivity index (χ0n) is 19.1. The Bertz CT molecular complexity index is 680. The molecule has 0 aliphatic rings. The molecule has 0 fully saturated rings. The van der Waals surface area contributed by atoms with E-state index in [1.807, 2.05) is 18.2 Å². The average molecular weight is 496 g/mol. The molecule has 0 atom stereocenters. The minimum Gasteiger partial charge on any atom is -0.496 e. The van der Waals surface area contributed by atoms with Gasteiger partial charge in [0.1, 0.15) is 5.75 Å². The van der Waals surface area contributed by atoms with Gasteiger partial charge in [-0.25, -0.2) is 5.43 Å². The number of rotatable bonds is 17. The van der Waals surface area contributed by atoms with Gasteiger partial charge >= 0.3 is 0 Å². The topological polar surface area (TPSA) is 79.8 Å². The standard InChI is InChI=1S/C24H38BrN3O3/c1-3-4-5-6-7-8-9-10-11-12-13-14-23(29)26-19-24(30)28-27-18-20-17-21(25)15-16-22(20)31-2/h15-18H,3-14,19H2,1-2H3,(H,26,29)(H,28,30)/b27-18+. The molecule has 0 aliphatic heterocycles. The largest absolute Gasteiger partial charge is 0.496 e. The third-order valence-electron chi connectivity index (χ3n) is 5.04. The highest BCUT2D eigenvalue weighted by Crippen LogP contribution is 2.21. The van der Waals surface area contributed by atoms with Gasteiger partial charge in [0.15, 0.2) is 0 Å². The summed E-state index contributed by atoms with van der Waals surface area (Å²) in [5.41, 5.74) is 3.15. The van der Waals surface area contributed by atoms with Crippen molar-refractivity contribution in [3.63, 3.8) is 0 Å². The lowest BCUT2D eigenvalue weighted by molar-refractivity contribution is -0.126. The van der Waals surface area contributed by atoms with E-state index >= 15 is 0 Å². The van der Waals surface area contributed by atoms with Crippen molar-refractivity contribution in [3.05, 3.63) is 28.2 Å². The number of amides is 2. The van der Waals surface area contributed by atoms with Crippen molar-refractivity contribution < 1.29 is 14.3 Å². The number of hydrogen-bond acceptors (Lipinski definition) is 4. The van der Waals surface area contributed by atoms with Crippen LogP contribution in [0.4, 0.5) is 0 Å². The van der Waals surface area contributed by atoms with Gasteiger partial charge in [-0.3, -0.25) is 9.59 Å². The Morgan fingerprint density at radius 2 is 1.58 bits per heavy atom. The van der Waals surface area contributed by atoms with E-state index in [4.69, 9.17) is 4.74 Å². The highest BCUT2D eigenvalue weighted by molar-refractivity contribution is 9.10. The Morgan fingerprint density at radius 3 is 2.19 bits per heavy atom. The van der Waals surface area contributed by atoms with Gasteiger partial charge in [-0.1, -0.05) is 87.1 Å². The van der Waals surface area contributed by atoms with E-state index in [2.05, 4.69) is 38.7 Å². The van der Waals surface area contributed by atoms with E-state index < -0.39 is 0 Å². The molecule has 0 spiro atoms. The molecule has 1 aromatic carbocycles. The second-order valence-electron chi connectivity index (χ2n) is 7.74. The highest BCUT2D eigenvalue weighted by atomic mass is 79.9. The number of nitrogens with zero attached hydrogens (tertiary/aromatic N) is 1. The Kier molecular flexibility index (Phi) is 15.5. The van der Waals surface area contributed by atoms with Gasteiger partial charge < -0.3 is 10.1 Å². The first kappa shape index (κ1) is 27.1. The molecule has 2 N–H and O–H groups in total. The van der Waals surface area contributed by atoms with Crippen molar-refractivity contribution in [3.8, 4) is 5.75 Å². The van der Waals surface area contributed by atoms with Crippen LogP contribution in [0.25, 0.3) is 0 Å². The summed E-state index contributed by atoms with van der Waals surface area (Å²) in [6.45, 7) is 2.16. The molecule has 1 aromatic rings. The smallest absolute Gasteiger partial charge is 0.259 e. The predicted molar refractivity (Wildman–Crippen MR) is 131 cm³/mol. The quantitative estimate of drug-likeness (QED) is 0.164. The lowest BCUT2D eigenvalue weighted by Crippen LogP contribution is -2.34. The Hall–Kier alpha value is -1.89. The predicted octanol–water partition coefficient (Wildman–Crippen LogP) is 5.73. The fraction of sp³-hybridized carbons (Fsp3) is 0.625. The molecule has 0 heterocycles.